The molecule has 2 N–H and O–H groups in total. The van der Waals surface area contributed by atoms with Crippen LogP contribution in [0.3, 0.4) is 0 Å². The number of pyridine rings is 1. The van der Waals surface area contributed by atoms with Crippen molar-refractivity contribution < 1.29 is 8.60 Å². The summed E-state index contributed by atoms with van der Waals surface area (Å²) < 4.78 is 29.1. The number of hydrogen-bond acceptors (Lipinski definition) is 7. The lowest BCUT2D eigenvalue weighted by molar-refractivity contribution is 0.566. The molecule has 0 aliphatic carbocycles. The minimum atomic E-state index is -1.26. The van der Waals surface area contributed by atoms with E-state index in [1.54, 1.807) is 59.5 Å². The number of benzene rings is 3. The van der Waals surface area contributed by atoms with Crippen molar-refractivity contribution in [1.29, 1.82) is 0 Å². The van der Waals surface area contributed by atoms with Crippen LogP contribution in [0.1, 0.15) is 5.56 Å². The third kappa shape index (κ3) is 5.65. The van der Waals surface area contributed by atoms with E-state index in [0.29, 0.717) is 43.5 Å². The van der Waals surface area contributed by atoms with Gasteiger partial charge in [-0.05, 0) is 42.0 Å². The summed E-state index contributed by atoms with van der Waals surface area (Å²) in [5.74, 6) is -0.129. The number of aromatic nitrogens is 3. The molecule has 3 aromatic carbocycles. The Morgan fingerprint density at radius 2 is 1.79 bits per heavy atom. The zero-order chi connectivity index (χ0) is 29.2. The van der Waals surface area contributed by atoms with Crippen LogP contribution in [-0.2, 0) is 17.3 Å². The topological polar surface area (TPSA) is 92.2 Å². The van der Waals surface area contributed by atoms with E-state index in [-0.39, 0.29) is 23.9 Å². The standard InChI is InChI=1S/C31H28ClFN6O2S/c1-42(41)28-9-5-2-6-20(28)19-39-29-21(16-24(30(39)40)23-7-3-4-8-25(23)32)18-35-31(37-29)36-22-10-11-27(26(33)17-22)38-14-12-34-13-15-38/h2-11,16-18,34H,12-15,19H2,1H3,(H,35,36,37). The van der Waals surface area contributed by atoms with Gasteiger partial charge in [-0.15, -0.1) is 0 Å². The number of anilines is 3. The van der Waals surface area contributed by atoms with Crippen LogP contribution in [0.15, 0.2) is 88.7 Å². The molecule has 6 rings (SSSR count). The largest absolute Gasteiger partial charge is 0.367 e. The molecule has 42 heavy (non-hydrogen) atoms. The summed E-state index contributed by atoms with van der Waals surface area (Å²) in [4.78, 5) is 25.8. The van der Waals surface area contributed by atoms with Crippen LogP contribution in [0.2, 0.25) is 5.02 Å². The van der Waals surface area contributed by atoms with Crippen molar-refractivity contribution in [3.05, 3.63) is 106 Å². The Morgan fingerprint density at radius 3 is 2.55 bits per heavy atom. The summed E-state index contributed by atoms with van der Waals surface area (Å²) in [7, 11) is -1.26. The van der Waals surface area contributed by atoms with Gasteiger partial charge in [-0.25, -0.2) is 9.37 Å². The van der Waals surface area contributed by atoms with Gasteiger partial charge in [0.15, 0.2) is 0 Å². The zero-order valence-corrected chi connectivity index (χ0v) is 24.4. The second kappa shape index (κ2) is 12.0. The lowest BCUT2D eigenvalue weighted by atomic mass is 10.1. The first-order chi connectivity index (χ1) is 20.4. The van der Waals surface area contributed by atoms with Crippen LogP contribution in [-0.4, -0.2) is 51.2 Å². The SMILES string of the molecule is CS(=O)c1ccccc1Cn1c(=O)c(-c2ccccc2Cl)cc2cnc(Nc3ccc(N4CCNCC4)c(F)c3)nc21. The fourth-order valence-corrected chi connectivity index (χ4v) is 6.21. The van der Waals surface area contributed by atoms with Crippen LogP contribution in [0.25, 0.3) is 22.2 Å². The molecule has 0 spiro atoms. The van der Waals surface area contributed by atoms with Crippen LogP contribution in [0.5, 0.6) is 0 Å². The predicted octanol–water partition coefficient (Wildman–Crippen LogP) is 5.19. The first-order valence-electron chi connectivity index (χ1n) is 13.5. The lowest BCUT2D eigenvalue weighted by Gasteiger charge is -2.29. The Bertz CT molecular complexity index is 1880. The molecule has 2 aromatic heterocycles. The smallest absolute Gasteiger partial charge is 0.260 e. The molecule has 1 aliphatic rings. The summed E-state index contributed by atoms with van der Waals surface area (Å²) >= 11 is 6.48. The molecule has 1 unspecified atom stereocenters. The second-order valence-corrected chi connectivity index (χ2v) is 11.7. The molecule has 1 aliphatic heterocycles. The fourth-order valence-electron chi connectivity index (χ4n) is 5.20. The van der Waals surface area contributed by atoms with E-state index in [4.69, 9.17) is 16.6 Å². The number of nitrogens with one attached hydrogen (secondary N) is 2. The van der Waals surface area contributed by atoms with Gasteiger partial charge in [-0.1, -0.05) is 48.0 Å². The van der Waals surface area contributed by atoms with Crippen molar-refractivity contribution in [2.75, 3.05) is 42.7 Å². The molecular formula is C31H28ClFN6O2S. The number of nitrogens with zero attached hydrogens (tertiary/aromatic N) is 4. The zero-order valence-electron chi connectivity index (χ0n) is 22.8. The Labute approximate surface area is 249 Å². The summed E-state index contributed by atoms with van der Waals surface area (Å²) in [5, 5.41) is 7.42. The van der Waals surface area contributed by atoms with Gasteiger partial charge in [-0.2, -0.15) is 4.98 Å². The summed E-state index contributed by atoms with van der Waals surface area (Å²) in [6, 6.07) is 21.1. The predicted molar refractivity (Wildman–Crippen MR) is 167 cm³/mol. The monoisotopic (exact) mass is 602 g/mol. The quantitative estimate of drug-likeness (QED) is 0.265. The van der Waals surface area contributed by atoms with Crippen molar-refractivity contribution in [2.24, 2.45) is 0 Å². The third-order valence-corrected chi connectivity index (χ3v) is 8.61. The lowest BCUT2D eigenvalue weighted by Crippen LogP contribution is -2.43. The van der Waals surface area contributed by atoms with Crippen molar-refractivity contribution >= 4 is 50.8 Å². The van der Waals surface area contributed by atoms with Crippen molar-refractivity contribution in [3.63, 3.8) is 0 Å². The number of rotatable bonds is 7. The van der Waals surface area contributed by atoms with Gasteiger partial charge in [0.2, 0.25) is 5.95 Å². The van der Waals surface area contributed by atoms with Crippen LogP contribution >= 0.6 is 11.6 Å². The summed E-state index contributed by atoms with van der Waals surface area (Å²) in [6.45, 7) is 3.22. The first kappa shape index (κ1) is 28.0. The minimum absolute atomic E-state index is 0.133. The Balaban J connectivity index is 1.43. The van der Waals surface area contributed by atoms with E-state index in [0.717, 1.165) is 31.7 Å². The maximum Gasteiger partial charge on any atom is 0.260 e. The van der Waals surface area contributed by atoms with Gasteiger partial charge in [-0.3, -0.25) is 13.6 Å². The second-order valence-electron chi connectivity index (χ2n) is 9.99. The number of hydrogen-bond donors (Lipinski definition) is 2. The fraction of sp³-hybridized carbons (Fsp3) is 0.194. The molecule has 1 fully saturated rings. The molecule has 214 valence electrons. The van der Waals surface area contributed by atoms with Gasteiger partial charge in [0.25, 0.3) is 5.56 Å². The van der Waals surface area contributed by atoms with Crippen molar-refractivity contribution in [2.45, 2.75) is 11.4 Å². The molecule has 0 amide bonds. The van der Waals surface area contributed by atoms with Gasteiger partial charge in [0, 0.05) is 70.8 Å². The van der Waals surface area contributed by atoms with E-state index in [9.17, 15) is 9.00 Å². The molecule has 0 bridgehead atoms. The summed E-state index contributed by atoms with van der Waals surface area (Å²) in [5.41, 5.74) is 2.84. The Kier molecular flexibility index (Phi) is 8.01. The molecule has 3 heterocycles. The van der Waals surface area contributed by atoms with E-state index in [2.05, 4.69) is 15.6 Å². The maximum atomic E-state index is 15.1. The van der Waals surface area contributed by atoms with E-state index in [1.165, 1.54) is 6.07 Å². The molecule has 0 saturated carbocycles. The summed E-state index contributed by atoms with van der Waals surface area (Å²) in [6.07, 6.45) is 3.23. The number of piperazine rings is 1. The molecule has 11 heteroatoms. The first-order valence-corrected chi connectivity index (χ1v) is 15.4. The highest BCUT2D eigenvalue weighted by atomic mass is 35.5. The molecule has 0 radical (unpaired) electrons. The van der Waals surface area contributed by atoms with E-state index >= 15 is 4.39 Å². The van der Waals surface area contributed by atoms with Gasteiger partial charge < -0.3 is 15.5 Å². The third-order valence-electron chi connectivity index (χ3n) is 7.26. The average molecular weight is 603 g/mol. The molecule has 5 aromatic rings. The van der Waals surface area contributed by atoms with Crippen LogP contribution in [0.4, 0.5) is 21.7 Å². The van der Waals surface area contributed by atoms with Crippen LogP contribution in [0, 0.1) is 5.82 Å². The van der Waals surface area contributed by atoms with Gasteiger partial charge in [0.1, 0.15) is 11.5 Å². The highest BCUT2D eigenvalue weighted by Gasteiger charge is 2.18. The molecule has 8 nitrogen and oxygen atoms in total. The van der Waals surface area contributed by atoms with Crippen LogP contribution < -0.4 is 21.1 Å². The molecule has 1 atom stereocenters. The molecule has 1 saturated heterocycles. The van der Waals surface area contributed by atoms with Gasteiger partial charge >= 0.3 is 0 Å². The van der Waals surface area contributed by atoms with E-state index < -0.39 is 10.8 Å². The average Bonchev–Trinajstić information content (AvgIpc) is 3.00. The van der Waals surface area contributed by atoms with Crippen molar-refractivity contribution in [1.82, 2.24) is 19.9 Å². The normalized spacial score (nSPS) is 14.2. The highest BCUT2D eigenvalue weighted by molar-refractivity contribution is 7.84. The highest BCUT2D eigenvalue weighted by Crippen LogP contribution is 2.29. The van der Waals surface area contributed by atoms with Crippen molar-refractivity contribution in [3.8, 4) is 11.1 Å². The minimum Gasteiger partial charge on any atom is -0.367 e. The number of halogens is 2. The van der Waals surface area contributed by atoms with E-state index in [1.807, 2.05) is 29.2 Å². The Hall–Kier alpha value is -4.12. The number of fused-ring (bicyclic) bond motifs is 1. The Morgan fingerprint density at radius 1 is 1.02 bits per heavy atom. The molecular weight excluding hydrogens is 575 g/mol. The maximum absolute atomic E-state index is 15.1. The van der Waals surface area contributed by atoms with Gasteiger partial charge in [0.05, 0.1) is 23.0 Å².